The zero-order valence-electron chi connectivity index (χ0n) is 25.9. The first-order valence-electron chi connectivity index (χ1n) is 15.8. The van der Waals surface area contributed by atoms with E-state index in [4.69, 9.17) is 24.4 Å². The molecule has 0 spiro atoms. The highest BCUT2D eigenvalue weighted by molar-refractivity contribution is 5.89. The number of aliphatic carboxylic acids is 2. The van der Waals surface area contributed by atoms with Crippen LogP contribution in [0.15, 0.2) is 78.4 Å². The van der Waals surface area contributed by atoms with Crippen molar-refractivity contribution in [2.45, 2.75) is 24.9 Å². The highest BCUT2D eigenvalue weighted by atomic mass is 16.5. The van der Waals surface area contributed by atoms with Gasteiger partial charge in [0.2, 0.25) is 0 Å². The number of fused-ring (bicyclic) bond motifs is 2. The lowest BCUT2D eigenvalue weighted by Crippen LogP contribution is -2.40. The topological polar surface area (TPSA) is 129 Å². The highest BCUT2D eigenvalue weighted by Crippen LogP contribution is 2.36. The van der Waals surface area contributed by atoms with E-state index in [9.17, 15) is 14.7 Å². The van der Waals surface area contributed by atoms with Gasteiger partial charge in [-0.25, -0.2) is 9.59 Å². The van der Waals surface area contributed by atoms with Gasteiger partial charge in [0.25, 0.3) is 0 Å². The summed E-state index contributed by atoms with van der Waals surface area (Å²) in [6.45, 7) is 7.88. The monoisotopic (exact) mass is 630 g/mol. The Morgan fingerprint density at radius 3 is 2.33 bits per heavy atom. The zero-order valence-corrected chi connectivity index (χ0v) is 25.9. The van der Waals surface area contributed by atoms with Crippen LogP contribution in [0.3, 0.4) is 0 Å². The standard InChI is InChI=1S/C32H38N2O4.C4H4O4/c35-30(21-33-12-10-26(11-13-33)28-9-8-25-4-1-2-5-27(25)19-28)23-37-31-7-3-6-29-18-24(22-38-32(29)31)20-34-14-16-36-17-15-34;5-3(6)1-2-4(7)8/h1-9,18-19,26,30,35H,10-17,20-23H2;1-2H,(H,5,6)(H,7,8)/b;2-1-/t30-;/m0./s1. The summed E-state index contributed by atoms with van der Waals surface area (Å²) >= 11 is 0. The number of aliphatic hydroxyl groups excluding tert-OH is 1. The number of aliphatic hydroxyl groups is 1. The van der Waals surface area contributed by atoms with E-state index in [1.165, 1.54) is 21.9 Å². The molecule has 3 aromatic rings. The molecule has 0 unspecified atom stereocenters. The third-order valence-electron chi connectivity index (χ3n) is 8.40. The van der Waals surface area contributed by atoms with Crippen LogP contribution < -0.4 is 9.47 Å². The van der Waals surface area contributed by atoms with E-state index >= 15 is 0 Å². The number of carbonyl (C=O) groups is 2. The normalized spacial score (nSPS) is 18.2. The fourth-order valence-electron chi connectivity index (χ4n) is 6.07. The molecular formula is C36H42N2O8. The number of carboxylic acids is 2. The molecule has 3 aromatic carbocycles. The second-order valence-corrected chi connectivity index (χ2v) is 11.8. The van der Waals surface area contributed by atoms with Crippen LogP contribution in [0, 0.1) is 0 Å². The Morgan fingerprint density at radius 1 is 0.891 bits per heavy atom. The first-order chi connectivity index (χ1) is 22.3. The van der Waals surface area contributed by atoms with Gasteiger partial charge in [0.1, 0.15) is 19.3 Å². The Morgan fingerprint density at radius 2 is 1.61 bits per heavy atom. The zero-order chi connectivity index (χ0) is 32.3. The molecule has 10 heteroatoms. The maximum atomic E-state index is 10.8. The van der Waals surface area contributed by atoms with Gasteiger partial charge in [-0.05, 0) is 65.9 Å². The van der Waals surface area contributed by atoms with E-state index in [1.54, 1.807) is 0 Å². The van der Waals surface area contributed by atoms with Gasteiger partial charge >= 0.3 is 11.9 Å². The van der Waals surface area contributed by atoms with E-state index in [0.29, 0.717) is 37.0 Å². The number of hydrogen-bond donors (Lipinski definition) is 3. The van der Waals surface area contributed by atoms with E-state index in [0.717, 1.165) is 70.1 Å². The molecule has 2 saturated heterocycles. The minimum atomic E-state index is -1.26. The predicted octanol–water partition coefficient (Wildman–Crippen LogP) is 4.28. The number of β-amino-alcohol motifs (C(OH)–C–C–N with tert-alkyl or cyclic N) is 1. The van der Waals surface area contributed by atoms with E-state index in [1.807, 2.05) is 12.1 Å². The van der Waals surface area contributed by atoms with Gasteiger partial charge < -0.3 is 34.4 Å². The van der Waals surface area contributed by atoms with Crippen molar-refractivity contribution in [1.29, 1.82) is 0 Å². The molecule has 46 heavy (non-hydrogen) atoms. The van der Waals surface area contributed by atoms with E-state index in [2.05, 4.69) is 64.4 Å². The lowest BCUT2D eigenvalue weighted by molar-refractivity contribution is -0.134. The van der Waals surface area contributed by atoms with Gasteiger partial charge in [0.15, 0.2) is 11.5 Å². The van der Waals surface area contributed by atoms with Crippen molar-refractivity contribution in [2.75, 3.05) is 65.7 Å². The first kappa shape index (κ1) is 33.2. The minimum Gasteiger partial charge on any atom is -0.487 e. The molecule has 0 aromatic heterocycles. The summed E-state index contributed by atoms with van der Waals surface area (Å²) in [6, 6.07) is 21.4. The molecule has 0 bridgehead atoms. The Balaban J connectivity index is 0.000000463. The molecule has 0 aliphatic carbocycles. The third-order valence-corrected chi connectivity index (χ3v) is 8.40. The van der Waals surface area contributed by atoms with Gasteiger partial charge in [-0.15, -0.1) is 0 Å². The fraction of sp³-hybridized carbons (Fsp3) is 0.389. The highest BCUT2D eigenvalue weighted by Gasteiger charge is 2.24. The van der Waals surface area contributed by atoms with Gasteiger partial charge in [-0.2, -0.15) is 0 Å². The number of morpholine rings is 1. The minimum absolute atomic E-state index is 0.259. The number of carboxylic acid groups (broad SMARTS) is 2. The van der Waals surface area contributed by atoms with Crippen LogP contribution in [-0.2, 0) is 14.3 Å². The van der Waals surface area contributed by atoms with Crippen LogP contribution in [0.4, 0.5) is 0 Å². The summed E-state index contributed by atoms with van der Waals surface area (Å²) in [7, 11) is 0. The average Bonchev–Trinajstić information content (AvgIpc) is 3.07. The van der Waals surface area contributed by atoms with Gasteiger partial charge in [-0.3, -0.25) is 4.90 Å². The molecule has 0 amide bonds. The Labute approximate surface area is 269 Å². The predicted molar refractivity (Wildman–Crippen MR) is 175 cm³/mol. The van der Waals surface area contributed by atoms with Crippen molar-refractivity contribution in [3.8, 4) is 11.5 Å². The van der Waals surface area contributed by atoms with Crippen molar-refractivity contribution in [2.24, 2.45) is 0 Å². The second-order valence-electron chi connectivity index (χ2n) is 11.8. The van der Waals surface area contributed by atoms with E-state index in [-0.39, 0.29) is 6.61 Å². The smallest absolute Gasteiger partial charge is 0.328 e. The van der Waals surface area contributed by atoms with E-state index < -0.39 is 18.0 Å². The number of piperidine rings is 1. The summed E-state index contributed by atoms with van der Waals surface area (Å²) in [5.74, 6) is -0.446. The quantitative estimate of drug-likeness (QED) is 0.279. The lowest BCUT2D eigenvalue weighted by atomic mass is 9.88. The van der Waals surface area contributed by atoms with Crippen molar-refractivity contribution in [3.63, 3.8) is 0 Å². The molecule has 3 aliphatic rings. The molecule has 0 saturated carbocycles. The molecule has 6 rings (SSSR count). The molecule has 3 aliphatic heterocycles. The summed E-state index contributed by atoms with van der Waals surface area (Å²) < 4.78 is 17.7. The lowest BCUT2D eigenvalue weighted by Gasteiger charge is -2.33. The van der Waals surface area contributed by atoms with Crippen LogP contribution in [0.2, 0.25) is 0 Å². The van der Waals surface area contributed by atoms with Crippen LogP contribution in [-0.4, -0.2) is 109 Å². The number of rotatable bonds is 10. The Hall–Kier alpha value is -4.22. The average molecular weight is 631 g/mol. The number of benzene rings is 3. The number of nitrogens with zero attached hydrogens (tertiary/aromatic N) is 2. The van der Waals surface area contributed by atoms with Crippen molar-refractivity contribution in [1.82, 2.24) is 9.80 Å². The molecule has 3 N–H and O–H groups in total. The summed E-state index contributed by atoms with van der Waals surface area (Å²) in [6.07, 6.45) is 5.03. The number of hydrogen-bond acceptors (Lipinski definition) is 8. The number of likely N-dealkylation sites (tertiary alicyclic amines) is 1. The molecule has 0 radical (unpaired) electrons. The van der Waals surface area contributed by atoms with Crippen LogP contribution >= 0.6 is 0 Å². The van der Waals surface area contributed by atoms with Gasteiger partial charge in [0, 0.05) is 43.9 Å². The summed E-state index contributed by atoms with van der Waals surface area (Å²) in [4.78, 5) is 23.9. The number of para-hydroxylation sites is 1. The van der Waals surface area contributed by atoms with Crippen molar-refractivity contribution < 1.29 is 39.1 Å². The molecule has 2 fully saturated rings. The van der Waals surface area contributed by atoms with Crippen LogP contribution in [0.1, 0.15) is 29.9 Å². The second kappa shape index (κ2) is 16.4. The molecule has 244 valence electrons. The van der Waals surface area contributed by atoms with Crippen molar-refractivity contribution in [3.05, 3.63) is 89.5 Å². The molecule has 3 heterocycles. The summed E-state index contributed by atoms with van der Waals surface area (Å²) in [5, 5.41) is 29.0. The SMILES string of the molecule is O=C(O)/C=C\C(=O)O.O[C@H](COc1cccc2c1OCC(CN1CCOCC1)=C2)CN1CCC(c2ccc3ccccc3c2)CC1. The van der Waals surface area contributed by atoms with Crippen LogP contribution in [0.25, 0.3) is 16.8 Å². The molecule has 1 atom stereocenters. The molecule has 10 nitrogen and oxygen atoms in total. The van der Waals surface area contributed by atoms with Gasteiger partial charge in [-0.1, -0.05) is 54.6 Å². The summed E-state index contributed by atoms with van der Waals surface area (Å²) in [5.41, 5.74) is 3.74. The fourth-order valence-corrected chi connectivity index (χ4v) is 6.07. The number of ether oxygens (including phenoxy) is 3. The van der Waals surface area contributed by atoms with Gasteiger partial charge in [0.05, 0.1) is 13.2 Å². The molecular weight excluding hydrogens is 588 g/mol. The Kier molecular flexibility index (Phi) is 11.8. The Bertz CT molecular complexity index is 1520. The van der Waals surface area contributed by atoms with Crippen LogP contribution in [0.5, 0.6) is 11.5 Å². The maximum Gasteiger partial charge on any atom is 0.328 e. The third kappa shape index (κ3) is 9.64. The first-order valence-corrected chi connectivity index (χ1v) is 15.8. The maximum absolute atomic E-state index is 10.8. The largest absolute Gasteiger partial charge is 0.487 e. The van der Waals surface area contributed by atoms with Crippen molar-refractivity contribution >= 4 is 28.8 Å².